The monoisotopic (exact) mass is 181 g/mol. The Bertz CT molecular complexity index is 305. The van der Waals surface area contributed by atoms with Gasteiger partial charge in [0.25, 0.3) is 5.91 Å². The molecular weight excluding hydrogens is 170 g/mol. The van der Waals surface area contributed by atoms with Crippen molar-refractivity contribution >= 4 is 17.6 Å². The number of nitrogens with zero attached hydrogens (tertiary/aromatic N) is 1. The van der Waals surface area contributed by atoms with Crippen molar-refractivity contribution in [1.29, 1.82) is 0 Å². The van der Waals surface area contributed by atoms with Crippen LogP contribution >= 0.6 is 0 Å². The molecule has 5 nitrogen and oxygen atoms in total. The third kappa shape index (κ3) is 1.16. The van der Waals surface area contributed by atoms with Gasteiger partial charge in [0, 0.05) is 6.42 Å². The summed E-state index contributed by atoms with van der Waals surface area (Å²) in [6.45, 7) is 0.388. The second-order valence-electron chi connectivity index (χ2n) is 3.44. The molecule has 70 valence electrons. The molecular formula is C8H11N3O2. The summed E-state index contributed by atoms with van der Waals surface area (Å²) in [6.07, 6.45) is 1.72. The van der Waals surface area contributed by atoms with Gasteiger partial charge >= 0.3 is 0 Å². The summed E-state index contributed by atoms with van der Waals surface area (Å²) in [6, 6.07) is 0. The molecule has 1 aliphatic carbocycles. The molecule has 3 N–H and O–H groups in total. The number of amidine groups is 1. The van der Waals surface area contributed by atoms with Crippen molar-refractivity contribution in [3.8, 4) is 0 Å². The number of hydrogen-bond acceptors (Lipinski definition) is 3. The molecule has 1 saturated carbocycles. The molecule has 2 aliphatic rings. The number of carbonyl (C=O) groups excluding carboxylic acids is 2. The van der Waals surface area contributed by atoms with Crippen molar-refractivity contribution in [2.24, 2.45) is 16.1 Å². The first-order valence-corrected chi connectivity index (χ1v) is 4.32. The standard InChI is InChI=1S/C8H11N3O2/c9-4-1-5-10-6(12)8(2-3-8)7(13)11-5/h1-4,9H2,(H,10,11,12,13). The first-order chi connectivity index (χ1) is 6.19. The second kappa shape index (κ2) is 2.63. The van der Waals surface area contributed by atoms with Crippen molar-refractivity contribution in [3.63, 3.8) is 0 Å². The maximum Gasteiger partial charge on any atom is 0.263 e. The fourth-order valence-corrected chi connectivity index (χ4v) is 1.43. The van der Waals surface area contributed by atoms with Crippen LogP contribution in [-0.2, 0) is 9.59 Å². The van der Waals surface area contributed by atoms with Gasteiger partial charge in [-0.25, -0.2) is 0 Å². The molecule has 2 amide bonds. The van der Waals surface area contributed by atoms with Crippen molar-refractivity contribution < 1.29 is 9.59 Å². The number of nitrogens with two attached hydrogens (primary N) is 1. The minimum atomic E-state index is -0.794. The molecule has 0 saturated heterocycles. The van der Waals surface area contributed by atoms with Gasteiger partial charge in [-0.05, 0) is 19.4 Å². The molecule has 0 atom stereocenters. The summed E-state index contributed by atoms with van der Waals surface area (Å²) in [5.41, 5.74) is 4.50. The van der Waals surface area contributed by atoms with Gasteiger partial charge in [-0.3, -0.25) is 9.59 Å². The zero-order valence-corrected chi connectivity index (χ0v) is 7.17. The fourth-order valence-electron chi connectivity index (χ4n) is 1.43. The smallest absolute Gasteiger partial charge is 0.263 e. The van der Waals surface area contributed by atoms with Crippen LogP contribution in [-0.4, -0.2) is 24.2 Å². The van der Waals surface area contributed by atoms with Crippen LogP contribution in [0.1, 0.15) is 19.3 Å². The Morgan fingerprint density at radius 2 is 2.15 bits per heavy atom. The van der Waals surface area contributed by atoms with Crippen LogP contribution < -0.4 is 11.1 Å². The largest absolute Gasteiger partial charge is 0.330 e. The Balaban J connectivity index is 2.20. The minimum absolute atomic E-state index is 0.198. The normalized spacial score (nSPS) is 24.2. The van der Waals surface area contributed by atoms with Crippen LogP contribution in [0.3, 0.4) is 0 Å². The van der Waals surface area contributed by atoms with Crippen LogP contribution in [0.25, 0.3) is 0 Å². The van der Waals surface area contributed by atoms with E-state index in [1.165, 1.54) is 0 Å². The lowest BCUT2D eigenvalue weighted by molar-refractivity contribution is -0.135. The molecule has 1 fully saturated rings. The molecule has 0 bridgehead atoms. The van der Waals surface area contributed by atoms with E-state index in [0.29, 0.717) is 31.6 Å². The van der Waals surface area contributed by atoms with Crippen LogP contribution in [0.4, 0.5) is 0 Å². The Kier molecular flexibility index (Phi) is 1.69. The van der Waals surface area contributed by atoms with E-state index in [0.717, 1.165) is 0 Å². The lowest BCUT2D eigenvalue weighted by Gasteiger charge is -2.18. The van der Waals surface area contributed by atoms with E-state index in [-0.39, 0.29) is 11.8 Å². The summed E-state index contributed by atoms with van der Waals surface area (Å²) >= 11 is 0. The third-order valence-electron chi connectivity index (χ3n) is 2.47. The summed E-state index contributed by atoms with van der Waals surface area (Å²) in [4.78, 5) is 26.6. The highest BCUT2D eigenvalue weighted by Gasteiger charge is 2.58. The highest BCUT2D eigenvalue weighted by atomic mass is 16.2. The minimum Gasteiger partial charge on any atom is -0.330 e. The molecule has 0 unspecified atom stereocenters. The number of rotatable bonds is 2. The first kappa shape index (κ1) is 8.37. The van der Waals surface area contributed by atoms with E-state index in [9.17, 15) is 9.59 Å². The van der Waals surface area contributed by atoms with Gasteiger partial charge in [0.05, 0.1) is 0 Å². The molecule has 1 heterocycles. The SMILES string of the molecule is NCCC1=NC(=O)C2(CC2)C(=O)N1. The number of nitrogens with one attached hydrogen (secondary N) is 1. The molecule has 5 heteroatoms. The van der Waals surface area contributed by atoms with E-state index in [4.69, 9.17) is 5.73 Å². The third-order valence-corrected chi connectivity index (χ3v) is 2.47. The highest BCUT2D eigenvalue weighted by molar-refractivity contribution is 6.20. The van der Waals surface area contributed by atoms with Crippen LogP contribution in [0, 0.1) is 5.41 Å². The molecule has 1 spiro atoms. The van der Waals surface area contributed by atoms with Crippen molar-refractivity contribution in [2.45, 2.75) is 19.3 Å². The van der Waals surface area contributed by atoms with Gasteiger partial charge in [-0.2, -0.15) is 4.99 Å². The fraction of sp³-hybridized carbons (Fsp3) is 0.625. The maximum atomic E-state index is 11.4. The van der Waals surface area contributed by atoms with Crippen LogP contribution in [0.5, 0.6) is 0 Å². The van der Waals surface area contributed by atoms with Gasteiger partial charge in [0.1, 0.15) is 11.3 Å². The van der Waals surface area contributed by atoms with E-state index >= 15 is 0 Å². The van der Waals surface area contributed by atoms with E-state index < -0.39 is 5.41 Å². The van der Waals surface area contributed by atoms with Gasteiger partial charge in [-0.1, -0.05) is 0 Å². The Morgan fingerprint density at radius 1 is 1.46 bits per heavy atom. The topological polar surface area (TPSA) is 84.5 Å². The van der Waals surface area contributed by atoms with Crippen molar-refractivity contribution in [2.75, 3.05) is 6.54 Å². The summed E-state index contributed by atoms with van der Waals surface area (Å²) < 4.78 is 0. The predicted octanol–water partition coefficient (Wildman–Crippen LogP) is -0.830. The zero-order chi connectivity index (χ0) is 9.47. The molecule has 0 aromatic heterocycles. The number of hydrogen-bond donors (Lipinski definition) is 2. The first-order valence-electron chi connectivity index (χ1n) is 4.32. The average molecular weight is 181 g/mol. The van der Waals surface area contributed by atoms with Crippen molar-refractivity contribution in [1.82, 2.24) is 5.32 Å². The highest BCUT2D eigenvalue weighted by Crippen LogP contribution is 2.48. The zero-order valence-electron chi connectivity index (χ0n) is 7.17. The maximum absolute atomic E-state index is 11.4. The van der Waals surface area contributed by atoms with E-state index in [1.54, 1.807) is 0 Å². The average Bonchev–Trinajstić information content (AvgIpc) is 2.82. The van der Waals surface area contributed by atoms with E-state index in [2.05, 4.69) is 10.3 Å². The van der Waals surface area contributed by atoms with Crippen LogP contribution in [0.15, 0.2) is 4.99 Å². The second-order valence-corrected chi connectivity index (χ2v) is 3.44. The molecule has 0 radical (unpaired) electrons. The molecule has 0 aromatic carbocycles. The summed E-state index contributed by atoms with van der Waals surface area (Å²) in [5.74, 6) is -0.0781. The molecule has 0 aromatic rings. The Hall–Kier alpha value is -1.23. The predicted molar refractivity (Wildman–Crippen MR) is 45.9 cm³/mol. The lowest BCUT2D eigenvalue weighted by atomic mass is 10.0. The summed E-state index contributed by atoms with van der Waals surface area (Å²) in [5, 5.41) is 2.61. The Labute approximate surface area is 75.4 Å². The van der Waals surface area contributed by atoms with Crippen molar-refractivity contribution in [3.05, 3.63) is 0 Å². The number of amides is 2. The van der Waals surface area contributed by atoms with Gasteiger partial charge in [0.15, 0.2) is 0 Å². The van der Waals surface area contributed by atoms with Gasteiger partial charge in [-0.15, -0.1) is 0 Å². The lowest BCUT2D eigenvalue weighted by Crippen LogP contribution is -2.45. The van der Waals surface area contributed by atoms with Gasteiger partial charge < -0.3 is 11.1 Å². The number of aliphatic imine (C=N–C) groups is 1. The number of carbonyl (C=O) groups is 2. The molecule has 13 heavy (non-hydrogen) atoms. The quantitative estimate of drug-likeness (QED) is 0.545. The summed E-state index contributed by atoms with van der Waals surface area (Å²) in [7, 11) is 0. The Morgan fingerprint density at radius 3 is 2.62 bits per heavy atom. The van der Waals surface area contributed by atoms with E-state index in [1.807, 2.05) is 0 Å². The molecule has 1 aliphatic heterocycles. The van der Waals surface area contributed by atoms with Crippen LogP contribution in [0.2, 0.25) is 0 Å². The van der Waals surface area contributed by atoms with Gasteiger partial charge in [0.2, 0.25) is 5.91 Å². The molecule has 2 rings (SSSR count).